The molecule has 8 heteroatoms. The Morgan fingerprint density at radius 2 is 1.84 bits per heavy atom. The number of carbonyl (C=O) groups is 1. The minimum Gasteiger partial charge on any atom is -0.493 e. The Morgan fingerprint density at radius 3 is 2.50 bits per heavy atom. The van der Waals surface area contributed by atoms with E-state index in [0.29, 0.717) is 52.4 Å². The Labute approximate surface area is 220 Å². The lowest BCUT2D eigenvalue weighted by molar-refractivity contribution is -0.131. The van der Waals surface area contributed by atoms with Crippen molar-refractivity contribution in [2.24, 2.45) is 0 Å². The average molecular weight is 521 g/mol. The highest BCUT2D eigenvalue weighted by Crippen LogP contribution is 2.44. The van der Waals surface area contributed by atoms with Gasteiger partial charge < -0.3 is 28.5 Å². The molecule has 0 unspecified atom stereocenters. The van der Waals surface area contributed by atoms with Crippen molar-refractivity contribution in [2.75, 3.05) is 20.3 Å². The number of ether oxygens (including phenoxy) is 4. The van der Waals surface area contributed by atoms with Gasteiger partial charge in [0.1, 0.15) is 40.3 Å². The molecule has 0 aliphatic carbocycles. The van der Waals surface area contributed by atoms with Crippen molar-refractivity contribution >= 4 is 34.0 Å². The molecule has 200 valence electrons. The number of allylic oxidation sites excluding steroid dienone is 2. The number of carboxylic acid groups (broad SMARTS) is 1. The molecule has 0 bridgehead atoms. The second-order valence-electron chi connectivity index (χ2n) is 9.69. The molecule has 0 spiro atoms. The summed E-state index contributed by atoms with van der Waals surface area (Å²) in [5.41, 5.74) is 2.07. The zero-order valence-corrected chi connectivity index (χ0v) is 22.5. The lowest BCUT2D eigenvalue weighted by atomic mass is 9.97. The first-order valence-electron chi connectivity index (χ1n) is 12.4. The first-order valence-corrected chi connectivity index (χ1v) is 12.4. The highest BCUT2D eigenvalue weighted by Gasteiger charge is 2.29. The second-order valence-corrected chi connectivity index (χ2v) is 9.69. The summed E-state index contributed by atoms with van der Waals surface area (Å²) in [6.45, 7) is 10.0. The van der Waals surface area contributed by atoms with Crippen molar-refractivity contribution in [2.45, 2.75) is 46.6 Å². The molecule has 0 atom stereocenters. The van der Waals surface area contributed by atoms with E-state index >= 15 is 0 Å². The number of benzene rings is 2. The summed E-state index contributed by atoms with van der Waals surface area (Å²) in [6.07, 6.45) is 8.52. The van der Waals surface area contributed by atoms with Gasteiger partial charge >= 0.3 is 5.97 Å². The van der Waals surface area contributed by atoms with Crippen LogP contribution in [0.1, 0.15) is 45.7 Å². The summed E-state index contributed by atoms with van der Waals surface area (Å²) in [5, 5.41) is 9.56. The molecule has 0 fully saturated rings. The molecule has 0 radical (unpaired) electrons. The summed E-state index contributed by atoms with van der Waals surface area (Å²) >= 11 is 0. The van der Waals surface area contributed by atoms with Crippen LogP contribution in [0.2, 0.25) is 0 Å². The van der Waals surface area contributed by atoms with Gasteiger partial charge in [0, 0.05) is 23.8 Å². The van der Waals surface area contributed by atoms with Crippen LogP contribution in [0, 0.1) is 0 Å². The third kappa shape index (κ3) is 5.25. The molecule has 1 aliphatic rings. The van der Waals surface area contributed by atoms with Crippen LogP contribution in [0.5, 0.6) is 23.0 Å². The zero-order valence-electron chi connectivity index (χ0n) is 22.5. The van der Waals surface area contributed by atoms with Crippen LogP contribution in [0.25, 0.3) is 28.0 Å². The third-order valence-corrected chi connectivity index (χ3v) is 6.06. The van der Waals surface area contributed by atoms with Gasteiger partial charge in [-0.2, -0.15) is 0 Å². The minimum atomic E-state index is -1.09. The molecular weight excluding hydrogens is 488 g/mol. The fraction of sp³-hybridized carbons (Fsp3) is 0.333. The van der Waals surface area contributed by atoms with Crippen molar-refractivity contribution in [1.82, 2.24) is 0 Å². The lowest BCUT2D eigenvalue weighted by Crippen LogP contribution is -2.27. The zero-order chi connectivity index (χ0) is 27.6. The third-order valence-electron chi connectivity index (χ3n) is 6.06. The van der Waals surface area contributed by atoms with Gasteiger partial charge in [0.25, 0.3) is 0 Å². The van der Waals surface area contributed by atoms with Crippen LogP contribution in [0.3, 0.4) is 0 Å². The molecule has 2 aromatic carbocycles. The van der Waals surface area contributed by atoms with Crippen LogP contribution in [-0.4, -0.2) is 37.0 Å². The van der Waals surface area contributed by atoms with Gasteiger partial charge in [-0.05, 0) is 59.3 Å². The number of rotatable bonds is 9. The number of fused-ring (bicyclic) bond motifs is 3. The molecule has 8 nitrogen and oxygen atoms in total. The predicted molar refractivity (Wildman–Crippen MR) is 147 cm³/mol. The normalized spacial score (nSPS) is 13.8. The molecule has 4 rings (SSSR count). The van der Waals surface area contributed by atoms with Crippen LogP contribution < -0.4 is 24.4 Å². The Morgan fingerprint density at radius 1 is 1.11 bits per heavy atom. The maximum absolute atomic E-state index is 14.2. The summed E-state index contributed by atoms with van der Waals surface area (Å²) in [5.74, 6) is 0.614. The molecular formula is C30H32O8. The Balaban J connectivity index is 2.09. The first-order chi connectivity index (χ1) is 18.1. The van der Waals surface area contributed by atoms with E-state index in [2.05, 4.69) is 0 Å². The smallest absolute Gasteiger partial charge is 0.328 e. The first kappa shape index (κ1) is 26.9. The van der Waals surface area contributed by atoms with Crippen molar-refractivity contribution < 1.29 is 33.3 Å². The molecule has 0 saturated heterocycles. The van der Waals surface area contributed by atoms with E-state index in [9.17, 15) is 9.59 Å². The maximum Gasteiger partial charge on any atom is 0.328 e. The van der Waals surface area contributed by atoms with E-state index in [0.717, 1.165) is 11.6 Å². The van der Waals surface area contributed by atoms with E-state index < -0.39 is 11.6 Å². The molecule has 38 heavy (non-hydrogen) atoms. The molecule has 0 amide bonds. The van der Waals surface area contributed by atoms with Gasteiger partial charge in [-0.1, -0.05) is 11.6 Å². The van der Waals surface area contributed by atoms with Gasteiger partial charge in [-0.3, -0.25) is 4.79 Å². The van der Waals surface area contributed by atoms with Crippen LogP contribution in [0.15, 0.2) is 51.2 Å². The maximum atomic E-state index is 14.2. The molecule has 3 aromatic rings. The highest BCUT2D eigenvalue weighted by atomic mass is 16.5. The summed E-state index contributed by atoms with van der Waals surface area (Å²) in [7, 11) is 1.54. The number of hydrogen-bond donors (Lipinski definition) is 1. The van der Waals surface area contributed by atoms with Crippen LogP contribution >= 0.6 is 0 Å². The minimum absolute atomic E-state index is 0.0657. The van der Waals surface area contributed by atoms with Gasteiger partial charge in [-0.15, -0.1) is 0 Å². The monoisotopic (exact) mass is 520 g/mol. The van der Waals surface area contributed by atoms with Crippen LogP contribution in [-0.2, 0) is 11.2 Å². The van der Waals surface area contributed by atoms with Crippen molar-refractivity contribution in [3.63, 3.8) is 0 Å². The van der Waals surface area contributed by atoms with Gasteiger partial charge in [0.05, 0.1) is 24.7 Å². The summed E-state index contributed by atoms with van der Waals surface area (Å²) < 4.78 is 30.1. The van der Waals surface area contributed by atoms with Crippen molar-refractivity contribution in [3.05, 3.63) is 63.4 Å². The van der Waals surface area contributed by atoms with Gasteiger partial charge in [0.15, 0.2) is 11.5 Å². The largest absolute Gasteiger partial charge is 0.493 e. The average Bonchev–Trinajstić information content (AvgIpc) is 2.83. The fourth-order valence-corrected chi connectivity index (χ4v) is 4.43. The number of carboxylic acids is 1. The second kappa shape index (κ2) is 10.7. The number of hydrogen-bond acceptors (Lipinski definition) is 7. The van der Waals surface area contributed by atoms with E-state index in [-0.39, 0.29) is 28.8 Å². The summed E-state index contributed by atoms with van der Waals surface area (Å²) in [6, 6.07) is 3.36. The van der Waals surface area contributed by atoms with Gasteiger partial charge in [-0.25, -0.2) is 4.79 Å². The number of aliphatic carboxylic acids is 1. The van der Waals surface area contributed by atoms with Crippen molar-refractivity contribution in [1.29, 1.82) is 0 Å². The molecule has 1 aromatic heterocycles. The number of methoxy groups -OCH3 is 1. The highest BCUT2D eigenvalue weighted by molar-refractivity contribution is 5.99. The Kier molecular flexibility index (Phi) is 7.53. The predicted octanol–water partition coefficient (Wildman–Crippen LogP) is 6.07. The fourth-order valence-electron chi connectivity index (χ4n) is 4.43. The molecule has 1 aliphatic heterocycles. The van der Waals surface area contributed by atoms with E-state index in [1.165, 1.54) is 6.08 Å². The van der Waals surface area contributed by atoms with E-state index in [1.54, 1.807) is 19.2 Å². The Bertz CT molecular complexity index is 1550. The van der Waals surface area contributed by atoms with Gasteiger partial charge in [0.2, 0.25) is 5.43 Å². The lowest BCUT2D eigenvalue weighted by Gasteiger charge is -2.29. The quantitative estimate of drug-likeness (QED) is 0.206. The molecule has 2 heterocycles. The Hall–Kier alpha value is -4.20. The molecule has 1 N–H and O–H groups in total. The molecule has 0 saturated carbocycles. The van der Waals surface area contributed by atoms with Crippen LogP contribution in [0.4, 0.5) is 0 Å². The standard InChI is InChI=1S/C30H32O8/c1-7-35-23-16-21-25(19(28(23)34-6)11-10-17(2)3)27(33)26-22(37-21)15-20-18(12-13-30(4,5)38-20)29(26)36-14-8-9-24(31)32/h8-10,12-13,15-16H,7,11,14H2,1-6H3,(H,31,32)/b9-8+. The SMILES string of the molecule is CCOc1cc2oc3cc4c(c(OC/C=C/C(=O)O)c3c(=O)c2c(CC=C(C)C)c1OC)C=CC(C)(C)O4. The summed E-state index contributed by atoms with van der Waals surface area (Å²) in [4.78, 5) is 25.2. The topological polar surface area (TPSA) is 104 Å². The van der Waals surface area contributed by atoms with E-state index in [4.69, 9.17) is 28.5 Å². The van der Waals surface area contributed by atoms with E-state index in [1.807, 2.05) is 52.8 Å². The van der Waals surface area contributed by atoms with Crippen molar-refractivity contribution in [3.8, 4) is 23.0 Å².